The molecule has 1 N–H and O–H groups in total. The van der Waals surface area contributed by atoms with Crippen LogP contribution in [0, 0.1) is 13.8 Å². The lowest BCUT2D eigenvalue weighted by Gasteiger charge is -2.11. The fraction of sp³-hybridized carbons (Fsp3) is 0.333. The quantitative estimate of drug-likeness (QED) is 0.923. The fourth-order valence-corrected chi connectivity index (χ4v) is 2.19. The molecule has 0 aliphatic heterocycles. The van der Waals surface area contributed by atoms with Crippen LogP contribution >= 0.6 is 0 Å². The molecule has 0 atom stereocenters. The molecular weight excluding hydrogens is 292 g/mol. The first-order valence-corrected chi connectivity index (χ1v) is 6.71. The fourth-order valence-electron chi connectivity index (χ4n) is 2.19. The van der Waals surface area contributed by atoms with Gasteiger partial charge in [-0.05, 0) is 26.0 Å². The van der Waals surface area contributed by atoms with E-state index in [1.165, 1.54) is 18.2 Å². The molecule has 0 saturated carbocycles. The number of carbonyl (C=O) groups excluding carboxylic acids is 1. The predicted molar refractivity (Wildman–Crippen MR) is 76.9 cm³/mol. The maximum absolute atomic E-state index is 12.4. The van der Waals surface area contributed by atoms with Gasteiger partial charge in [0.1, 0.15) is 5.75 Å². The molecule has 0 aliphatic carbocycles. The minimum atomic E-state index is -2.98. The van der Waals surface area contributed by atoms with Gasteiger partial charge in [-0.15, -0.1) is 0 Å². The Bertz CT molecular complexity index is 683. The molecule has 118 valence electrons. The first-order chi connectivity index (χ1) is 10.4. The number of nitrogens with one attached hydrogen (secondary N) is 1. The average Bonchev–Trinajstić information content (AvgIpc) is 2.70. The number of aromatic nitrogens is 2. The van der Waals surface area contributed by atoms with Crippen molar-refractivity contribution in [2.24, 2.45) is 7.05 Å². The van der Waals surface area contributed by atoms with Gasteiger partial charge in [0.2, 0.25) is 0 Å². The maximum Gasteiger partial charge on any atom is 0.387 e. The van der Waals surface area contributed by atoms with Gasteiger partial charge < -0.3 is 10.1 Å². The summed E-state index contributed by atoms with van der Waals surface area (Å²) in [5, 5.41) is 6.97. The van der Waals surface area contributed by atoms with Crippen LogP contribution in [0.3, 0.4) is 0 Å². The molecule has 0 unspecified atom stereocenters. The number of rotatable bonds is 5. The Morgan fingerprint density at radius 1 is 1.36 bits per heavy atom. The maximum atomic E-state index is 12.4. The van der Waals surface area contributed by atoms with E-state index in [0.717, 1.165) is 17.0 Å². The third-order valence-electron chi connectivity index (χ3n) is 3.43. The standard InChI is InChI=1S/C15H17F2N3O2/c1-9-12(10(2)20(3)19-9)8-18-14(21)11-6-4-5-7-13(11)22-15(16)17/h4-7,15H,8H2,1-3H3,(H,18,21). The second-order valence-electron chi connectivity index (χ2n) is 4.83. The van der Waals surface area contributed by atoms with E-state index in [1.54, 1.807) is 10.7 Å². The van der Waals surface area contributed by atoms with Crippen molar-refractivity contribution >= 4 is 5.91 Å². The molecule has 0 fully saturated rings. The Morgan fingerprint density at radius 2 is 2.05 bits per heavy atom. The minimum Gasteiger partial charge on any atom is -0.434 e. The minimum absolute atomic E-state index is 0.0713. The van der Waals surface area contributed by atoms with Gasteiger partial charge >= 0.3 is 6.61 Å². The van der Waals surface area contributed by atoms with Crippen molar-refractivity contribution in [2.75, 3.05) is 0 Å². The monoisotopic (exact) mass is 309 g/mol. The number of hydrogen-bond acceptors (Lipinski definition) is 3. The summed E-state index contributed by atoms with van der Waals surface area (Å²) in [7, 11) is 1.82. The molecule has 5 nitrogen and oxygen atoms in total. The number of benzene rings is 1. The molecule has 1 aromatic heterocycles. The Balaban J connectivity index is 2.13. The highest BCUT2D eigenvalue weighted by molar-refractivity contribution is 5.96. The Labute approximate surface area is 126 Å². The molecule has 0 aliphatic rings. The van der Waals surface area contributed by atoms with Crippen molar-refractivity contribution in [3.05, 3.63) is 46.8 Å². The molecule has 1 amide bonds. The Kier molecular flexibility index (Phi) is 4.75. The van der Waals surface area contributed by atoms with E-state index >= 15 is 0 Å². The zero-order chi connectivity index (χ0) is 16.3. The van der Waals surface area contributed by atoms with E-state index in [0.29, 0.717) is 0 Å². The van der Waals surface area contributed by atoms with Crippen molar-refractivity contribution in [3.63, 3.8) is 0 Å². The molecule has 7 heteroatoms. The van der Waals surface area contributed by atoms with Gasteiger partial charge in [-0.2, -0.15) is 13.9 Å². The van der Waals surface area contributed by atoms with Crippen molar-refractivity contribution in [1.82, 2.24) is 15.1 Å². The van der Waals surface area contributed by atoms with Gasteiger partial charge in [-0.3, -0.25) is 9.48 Å². The van der Waals surface area contributed by atoms with Crippen LogP contribution in [0.4, 0.5) is 8.78 Å². The average molecular weight is 309 g/mol. The van der Waals surface area contributed by atoms with E-state index < -0.39 is 12.5 Å². The number of carbonyl (C=O) groups is 1. The van der Waals surface area contributed by atoms with Gasteiger partial charge in [0.15, 0.2) is 0 Å². The summed E-state index contributed by atoms with van der Waals surface area (Å²) in [5.74, 6) is -0.617. The van der Waals surface area contributed by atoms with Crippen LogP contribution in [0.1, 0.15) is 27.3 Å². The highest BCUT2D eigenvalue weighted by Crippen LogP contribution is 2.20. The Hall–Kier alpha value is -2.44. The van der Waals surface area contributed by atoms with Gasteiger partial charge in [-0.25, -0.2) is 0 Å². The highest BCUT2D eigenvalue weighted by Gasteiger charge is 2.16. The molecule has 1 aromatic carbocycles. The number of aryl methyl sites for hydroxylation is 2. The summed E-state index contributed by atoms with van der Waals surface area (Å²) in [6.45, 7) is 1.04. The number of hydrogen-bond donors (Lipinski definition) is 1. The molecule has 2 rings (SSSR count). The molecule has 0 saturated heterocycles. The topological polar surface area (TPSA) is 56.2 Å². The summed E-state index contributed by atoms with van der Waals surface area (Å²) in [6, 6.07) is 5.90. The summed E-state index contributed by atoms with van der Waals surface area (Å²) in [4.78, 5) is 12.2. The second kappa shape index (κ2) is 6.55. The summed E-state index contributed by atoms with van der Waals surface area (Å²) in [6.07, 6.45) is 0. The second-order valence-corrected chi connectivity index (χ2v) is 4.83. The lowest BCUT2D eigenvalue weighted by molar-refractivity contribution is -0.0501. The van der Waals surface area contributed by atoms with Crippen molar-refractivity contribution in [3.8, 4) is 5.75 Å². The number of amides is 1. The molecular formula is C15H17F2N3O2. The van der Waals surface area contributed by atoms with Gasteiger partial charge in [0.05, 0.1) is 11.3 Å². The third kappa shape index (κ3) is 3.41. The molecule has 2 aromatic rings. The number of halogens is 2. The predicted octanol–water partition coefficient (Wildman–Crippen LogP) is 2.57. The van der Waals surface area contributed by atoms with E-state index in [2.05, 4.69) is 15.2 Å². The SMILES string of the molecule is Cc1nn(C)c(C)c1CNC(=O)c1ccccc1OC(F)F. The zero-order valence-electron chi connectivity index (χ0n) is 12.6. The van der Waals surface area contributed by atoms with Crippen LogP contribution in [-0.4, -0.2) is 22.3 Å². The van der Waals surface area contributed by atoms with E-state index in [9.17, 15) is 13.6 Å². The van der Waals surface area contributed by atoms with Gasteiger partial charge in [-0.1, -0.05) is 12.1 Å². The van der Waals surface area contributed by atoms with Gasteiger partial charge in [0, 0.05) is 24.8 Å². The lowest BCUT2D eigenvalue weighted by Crippen LogP contribution is -2.24. The van der Waals surface area contributed by atoms with Crippen LogP contribution < -0.4 is 10.1 Å². The largest absolute Gasteiger partial charge is 0.434 e. The highest BCUT2D eigenvalue weighted by atomic mass is 19.3. The van der Waals surface area contributed by atoms with Crippen LogP contribution in [0.25, 0.3) is 0 Å². The molecule has 0 bridgehead atoms. The first-order valence-electron chi connectivity index (χ1n) is 6.71. The number of para-hydroxylation sites is 1. The van der Waals surface area contributed by atoms with E-state index in [1.807, 2.05) is 20.9 Å². The van der Waals surface area contributed by atoms with Crippen LogP contribution in [-0.2, 0) is 13.6 Å². The molecule has 0 radical (unpaired) electrons. The smallest absolute Gasteiger partial charge is 0.387 e. The van der Waals surface area contributed by atoms with Gasteiger partial charge in [0.25, 0.3) is 5.91 Å². The summed E-state index contributed by atoms with van der Waals surface area (Å²) >= 11 is 0. The summed E-state index contributed by atoms with van der Waals surface area (Å²) < 4.78 is 30.8. The van der Waals surface area contributed by atoms with Crippen molar-refractivity contribution in [2.45, 2.75) is 27.0 Å². The first kappa shape index (κ1) is 15.9. The van der Waals surface area contributed by atoms with Crippen LogP contribution in [0.2, 0.25) is 0 Å². The third-order valence-corrected chi connectivity index (χ3v) is 3.43. The van der Waals surface area contributed by atoms with Crippen molar-refractivity contribution < 1.29 is 18.3 Å². The lowest BCUT2D eigenvalue weighted by atomic mass is 10.1. The van der Waals surface area contributed by atoms with Crippen LogP contribution in [0.15, 0.2) is 24.3 Å². The van der Waals surface area contributed by atoms with E-state index in [-0.39, 0.29) is 17.9 Å². The zero-order valence-corrected chi connectivity index (χ0v) is 12.6. The Morgan fingerprint density at radius 3 is 2.64 bits per heavy atom. The van der Waals surface area contributed by atoms with E-state index in [4.69, 9.17) is 0 Å². The number of ether oxygens (including phenoxy) is 1. The normalized spacial score (nSPS) is 10.8. The number of alkyl halides is 2. The van der Waals surface area contributed by atoms with Crippen LogP contribution in [0.5, 0.6) is 5.75 Å². The summed E-state index contributed by atoms with van der Waals surface area (Å²) in [5.41, 5.74) is 2.73. The molecule has 22 heavy (non-hydrogen) atoms. The molecule has 1 heterocycles. The number of nitrogens with zero attached hydrogens (tertiary/aromatic N) is 2. The van der Waals surface area contributed by atoms with Crippen molar-refractivity contribution in [1.29, 1.82) is 0 Å². The molecule has 0 spiro atoms.